The van der Waals surface area contributed by atoms with Crippen LogP contribution < -0.4 is 6.64 Å². The Balaban J connectivity index is 0.00000153. The summed E-state index contributed by atoms with van der Waals surface area (Å²) in [7, 11) is 0. The van der Waals surface area contributed by atoms with E-state index in [9.17, 15) is 0 Å². The van der Waals surface area contributed by atoms with Gasteiger partial charge in [-0.25, -0.2) is 0 Å². The van der Waals surface area contributed by atoms with Crippen LogP contribution >= 0.6 is 24.8 Å². The number of aryl methyl sites for hydroxylation is 2. The summed E-state index contributed by atoms with van der Waals surface area (Å²) in [5.74, 6) is 2.47. The van der Waals surface area contributed by atoms with Crippen molar-refractivity contribution < 1.29 is 29.2 Å². The van der Waals surface area contributed by atoms with Gasteiger partial charge in [-0.05, 0) is 0 Å². The van der Waals surface area contributed by atoms with Crippen LogP contribution in [0, 0.1) is 13.8 Å². The summed E-state index contributed by atoms with van der Waals surface area (Å²) >= 11 is -2.69. The van der Waals surface area contributed by atoms with Crippen LogP contribution in [-0.4, -0.2) is 4.31 Å². The fraction of sp³-hybridized carbons (Fsp3) is 0.0741. The third kappa shape index (κ3) is 5.34. The summed E-state index contributed by atoms with van der Waals surface area (Å²) in [6.45, 7) is 4.22. The predicted octanol–water partition coefficient (Wildman–Crippen LogP) is 7.80. The van der Waals surface area contributed by atoms with Gasteiger partial charge in [-0.2, -0.15) is 0 Å². The average Bonchev–Trinajstić information content (AvgIpc) is 3.27. The van der Waals surface area contributed by atoms with E-state index in [4.69, 9.17) is 11.1 Å². The van der Waals surface area contributed by atoms with E-state index in [0.717, 1.165) is 38.8 Å². The molecule has 5 aromatic rings. The number of halogens is 2. The molecule has 33 heavy (non-hydrogen) atoms. The second kappa shape index (κ2) is 11.0. The van der Waals surface area contributed by atoms with E-state index in [0.29, 0.717) is 0 Å². The van der Waals surface area contributed by atoms with E-state index in [2.05, 4.69) is 62.4 Å². The zero-order valence-electron chi connectivity index (χ0n) is 18.3. The average molecular weight is 515 g/mol. The van der Waals surface area contributed by atoms with Crippen LogP contribution in [0.1, 0.15) is 16.9 Å². The molecule has 4 aromatic carbocycles. The van der Waals surface area contributed by atoms with Gasteiger partial charge in [-0.1, -0.05) is 0 Å². The molecular weight excluding hydrogens is 491 g/mol. The Labute approximate surface area is 212 Å². The van der Waals surface area contributed by atoms with Crippen molar-refractivity contribution in [1.29, 1.82) is 0 Å². The van der Waals surface area contributed by atoms with Crippen LogP contribution in [-0.2, 0) is 18.2 Å². The minimum atomic E-state index is -2.69. The van der Waals surface area contributed by atoms with Gasteiger partial charge in [0, 0.05) is 0 Å². The quantitative estimate of drug-likeness (QED) is 0.224. The number of fused-ring (bicyclic) bond motifs is 2. The summed E-state index contributed by atoms with van der Waals surface area (Å²) < 4.78 is 20.8. The number of hydrogen-bond acceptors (Lipinski definition) is 3. The third-order valence-corrected chi connectivity index (χ3v) is 7.50. The van der Waals surface area contributed by atoms with Gasteiger partial charge in [0.2, 0.25) is 0 Å². The van der Waals surface area contributed by atoms with Crippen molar-refractivity contribution in [3.05, 3.63) is 108 Å². The first-order valence-electron chi connectivity index (χ1n) is 10.3. The Hall–Kier alpha value is -2.56. The Bertz CT molecular complexity index is 1310. The van der Waals surface area contributed by atoms with Gasteiger partial charge in [-0.3, -0.25) is 0 Å². The van der Waals surface area contributed by atoms with Gasteiger partial charge in [-0.15, -0.1) is 24.8 Å². The minimum Gasteiger partial charge on any atom is -0.147 e. The molecule has 0 spiro atoms. The first kappa shape index (κ1) is 25.1. The Morgan fingerprint density at radius 3 is 1.58 bits per heavy atom. The first-order valence-corrected chi connectivity index (χ1v) is 12.4. The van der Waals surface area contributed by atoms with Gasteiger partial charge in [0.25, 0.3) is 0 Å². The third-order valence-electron chi connectivity index (χ3n) is 5.37. The van der Waals surface area contributed by atoms with E-state index in [1.165, 1.54) is 11.1 Å². The number of furan rings is 1. The zero-order chi connectivity index (χ0) is 21.2. The molecule has 168 valence electrons. The van der Waals surface area contributed by atoms with Crippen LogP contribution in [0.5, 0.6) is 11.5 Å². The molecule has 1 aromatic heterocycles. The van der Waals surface area contributed by atoms with Crippen molar-refractivity contribution in [1.82, 2.24) is 0 Å². The summed E-state index contributed by atoms with van der Waals surface area (Å²) in [6, 6.07) is 28.7. The molecule has 0 fully saturated rings. The molecule has 5 rings (SSSR count). The zero-order valence-corrected chi connectivity index (χ0v) is 21.5. The Kier molecular flexibility index (Phi) is 8.39. The predicted molar refractivity (Wildman–Crippen MR) is 137 cm³/mol. The molecule has 0 aliphatic rings. The van der Waals surface area contributed by atoms with E-state index >= 15 is 0 Å². The molecule has 0 N–H and O–H groups in total. The van der Waals surface area contributed by atoms with Gasteiger partial charge >= 0.3 is 189 Å². The van der Waals surface area contributed by atoms with Crippen LogP contribution in [0.25, 0.3) is 21.5 Å². The van der Waals surface area contributed by atoms with E-state index < -0.39 is 18.2 Å². The van der Waals surface area contributed by atoms with E-state index in [1.54, 1.807) is 6.26 Å². The SMILES string of the molecule is Cc1cccc2cccc([O][Ti](=[CH]c3ccco3)[O]c3cccc4cccc(C)c34)c12.Cl.Cl. The fourth-order valence-corrected chi connectivity index (χ4v) is 6.01. The van der Waals surface area contributed by atoms with E-state index in [1.807, 2.05) is 40.7 Å². The molecule has 0 aliphatic carbocycles. The van der Waals surface area contributed by atoms with Crippen LogP contribution in [0.4, 0.5) is 0 Å². The molecule has 0 atom stereocenters. The molecule has 1 heterocycles. The second-order valence-corrected chi connectivity index (χ2v) is 9.63. The maximum absolute atomic E-state index is 6.60. The van der Waals surface area contributed by atoms with Crippen molar-refractivity contribution in [2.24, 2.45) is 0 Å². The van der Waals surface area contributed by atoms with Crippen LogP contribution in [0.3, 0.4) is 0 Å². The summed E-state index contributed by atoms with van der Waals surface area (Å²) in [6.07, 6.45) is 1.67. The fourth-order valence-electron chi connectivity index (χ4n) is 3.93. The molecule has 3 nitrogen and oxygen atoms in total. The smallest absolute Gasteiger partial charge is 0.147 e. The van der Waals surface area contributed by atoms with Crippen molar-refractivity contribution in [3.63, 3.8) is 0 Å². The topological polar surface area (TPSA) is 31.6 Å². The summed E-state index contributed by atoms with van der Waals surface area (Å²) in [5.41, 5.74) is 2.37. The van der Waals surface area contributed by atoms with Gasteiger partial charge in [0.15, 0.2) is 0 Å². The van der Waals surface area contributed by atoms with E-state index in [-0.39, 0.29) is 24.8 Å². The summed E-state index contributed by atoms with van der Waals surface area (Å²) in [4.78, 5) is 0. The molecule has 0 saturated carbocycles. The number of hydrogen-bond donors (Lipinski definition) is 0. The first-order chi connectivity index (χ1) is 15.2. The minimum absolute atomic E-state index is 0. The molecule has 0 radical (unpaired) electrons. The largest absolute Gasteiger partial charge is 0.147 e. The van der Waals surface area contributed by atoms with Gasteiger partial charge in [0.1, 0.15) is 0 Å². The maximum Gasteiger partial charge on any atom is -0.147 e. The van der Waals surface area contributed by atoms with Crippen molar-refractivity contribution in [2.75, 3.05) is 0 Å². The molecule has 0 saturated heterocycles. The number of benzene rings is 4. The second-order valence-electron chi connectivity index (χ2n) is 7.54. The van der Waals surface area contributed by atoms with Crippen LogP contribution in [0.2, 0.25) is 0 Å². The van der Waals surface area contributed by atoms with Crippen LogP contribution in [0.15, 0.2) is 95.6 Å². The summed E-state index contributed by atoms with van der Waals surface area (Å²) in [5, 5.41) is 4.57. The molecule has 0 unspecified atom stereocenters. The molecule has 0 bridgehead atoms. The van der Waals surface area contributed by atoms with Gasteiger partial charge < -0.3 is 0 Å². The van der Waals surface area contributed by atoms with Crippen molar-refractivity contribution in [2.45, 2.75) is 13.8 Å². The molecular formula is C27H24Cl2O3Ti. The Morgan fingerprint density at radius 2 is 1.12 bits per heavy atom. The van der Waals surface area contributed by atoms with Crippen molar-refractivity contribution >= 4 is 50.7 Å². The molecule has 6 heteroatoms. The van der Waals surface area contributed by atoms with Gasteiger partial charge in [0.05, 0.1) is 0 Å². The monoisotopic (exact) mass is 514 g/mol. The normalized spacial score (nSPS) is 10.2. The Morgan fingerprint density at radius 1 is 0.636 bits per heavy atom. The van der Waals surface area contributed by atoms with Crippen molar-refractivity contribution in [3.8, 4) is 11.5 Å². The molecule has 0 amide bonds. The molecule has 0 aliphatic heterocycles. The maximum atomic E-state index is 6.60. The number of rotatable bonds is 5. The standard InChI is InChI=1S/2C11H10O.C5H4O.2ClH.Ti/c2*1-8-4-2-5-9-6-3-7-10(12)11(8)9;1-5-3-2-4-6-5;;;/h2*2-7,12H,1H3;1-4H;2*1H;/q;;;;;+2/p-2.